The lowest BCUT2D eigenvalue weighted by atomic mass is 10.1. The van der Waals surface area contributed by atoms with Crippen LogP contribution in [0, 0.1) is 5.82 Å². The van der Waals surface area contributed by atoms with Gasteiger partial charge in [0.2, 0.25) is 5.91 Å². The van der Waals surface area contributed by atoms with Crippen LogP contribution in [-0.4, -0.2) is 18.9 Å². The standard InChI is InChI=1S/C17H17FN2O3/c1-23-11-13-2-6-14(7-3-13)17(22)20-19-16(21)10-12-4-8-15(18)9-5-12/h2-9H,10-11H2,1H3,(H,19,21)(H,20,22). The first-order chi connectivity index (χ1) is 11.1. The SMILES string of the molecule is COCc1ccc(C(=O)NNC(=O)Cc2ccc(F)cc2)cc1. The van der Waals surface area contributed by atoms with Crippen LogP contribution in [0.15, 0.2) is 48.5 Å². The Morgan fingerprint density at radius 3 is 2.17 bits per heavy atom. The summed E-state index contributed by atoms with van der Waals surface area (Å²) >= 11 is 0. The van der Waals surface area contributed by atoms with Crippen molar-refractivity contribution < 1.29 is 18.7 Å². The first-order valence-electron chi connectivity index (χ1n) is 7.00. The fourth-order valence-electron chi connectivity index (χ4n) is 1.95. The number of hydrogen-bond donors (Lipinski definition) is 2. The van der Waals surface area contributed by atoms with Crippen molar-refractivity contribution in [2.24, 2.45) is 0 Å². The summed E-state index contributed by atoms with van der Waals surface area (Å²) in [5.41, 5.74) is 6.69. The Balaban J connectivity index is 1.83. The zero-order valence-electron chi connectivity index (χ0n) is 12.6. The van der Waals surface area contributed by atoms with Gasteiger partial charge in [0.15, 0.2) is 0 Å². The number of rotatable bonds is 5. The number of halogens is 1. The summed E-state index contributed by atoms with van der Waals surface area (Å²) in [6.07, 6.45) is 0.0489. The maximum Gasteiger partial charge on any atom is 0.269 e. The van der Waals surface area contributed by atoms with Gasteiger partial charge in [-0.1, -0.05) is 24.3 Å². The molecular weight excluding hydrogens is 299 g/mol. The van der Waals surface area contributed by atoms with Gasteiger partial charge in [-0.05, 0) is 35.4 Å². The lowest BCUT2D eigenvalue weighted by Gasteiger charge is -2.08. The van der Waals surface area contributed by atoms with Gasteiger partial charge in [0.05, 0.1) is 13.0 Å². The number of ether oxygens (including phenoxy) is 1. The molecule has 2 aromatic rings. The number of nitrogens with one attached hydrogen (secondary N) is 2. The third-order valence-electron chi connectivity index (χ3n) is 3.12. The molecule has 0 heterocycles. The molecular formula is C17H17FN2O3. The highest BCUT2D eigenvalue weighted by Crippen LogP contribution is 2.05. The van der Waals surface area contributed by atoms with Gasteiger partial charge in [-0.2, -0.15) is 0 Å². The molecule has 2 N–H and O–H groups in total. The van der Waals surface area contributed by atoms with Gasteiger partial charge < -0.3 is 4.74 Å². The first kappa shape index (κ1) is 16.6. The Labute approximate surface area is 133 Å². The molecule has 0 unspecified atom stereocenters. The van der Waals surface area contributed by atoms with E-state index < -0.39 is 5.91 Å². The van der Waals surface area contributed by atoms with Gasteiger partial charge in [-0.15, -0.1) is 0 Å². The molecule has 0 aliphatic heterocycles. The molecule has 5 nitrogen and oxygen atoms in total. The number of amides is 2. The van der Waals surface area contributed by atoms with Crippen LogP contribution in [-0.2, 0) is 22.6 Å². The van der Waals surface area contributed by atoms with E-state index in [1.807, 2.05) is 0 Å². The van der Waals surface area contributed by atoms with E-state index >= 15 is 0 Å². The smallest absolute Gasteiger partial charge is 0.269 e. The minimum absolute atomic E-state index is 0.0489. The van der Waals surface area contributed by atoms with Crippen LogP contribution in [0.25, 0.3) is 0 Å². The van der Waals surface area contributed by atoms with Gasteiger partial charge in [-0.25, -0.2) is 4.39 Å². The van der Waals surface area contributed by atoms with E-state index in [2.05, 4.69) is 10.9 Å². The fourth-order valence-corrected chi connectivity index (χ4v) is 1.95. The molecule has 2 aromatic carbocycles. The van der Waals surface area contributed by atoms with Gasteiger partial charge in [-0.3, -0.25) is 20.4 Å². The summed E-state index contributed by atoms with van der Waals surface area (Å²) in [6.45, 7) is 0.469. The largest absolute Gasteiger partial charge is 0.380 e. The van der Waals surface area contributed by atoms with Gasteiger partial charge in [0, 0.05) is 12.7 Å². The molecule has 23 heavy (non-hydrogen) atoms. The third kappa shape index (κ3) is 5.19. The van der Waals surface area contributed by atoms with Crippen molar-refractivity contribution in [3.8, 4) is 0 Å². The van der Waals surface area contributed by atoms with E-state index in [-0.39, 0.29) is 18.1 Å². The zero-order valence-corrected chi connectivity index (χ0v) is 12.6. The first-order valence-corrected chi connectivity index (χ1v) is 7.00. The predicted octanol–water partition coefficient (Wildman–Crippen LogP) is 1.98. The van der Waals surface area contributed by atoms with E-state index in [1.54, 1.807) is 31.4 Å². The number of benzene rings is 2. The van der Waals surface area contributed by atoms with Crippen LogP contribution in [0.1, 0.15) is 21.5 Å². The minimum Gasteiger partial charge on any atom is -0.380 e. The molecule has 0 spiro atoms. The second-order valence-corrected chi connectivity index (χ2v) is 4.94. The molecule has 6 heteroatoms. The average Bonchev–Trinajstić information content (AvgIpc) is 2.56. The molecule has 0 saturated heterocycles. The van der Waals surface area contributed by atoms with Gasteiger partial charge in [0.1, 0.15) is 5.82 Å². The fraction of sp³-hybridized carbons (Fsp3) is 0.176. The summed E-state index contributed by atoms with van der Waals surface area (Å²) < 4.78 is 17.8. The Bertz CT molecular complexity index is 669. The van der Waals surface area contributed by atoms with Crippen LogP contribution in [0.5, 0.6) is 0 Å². The van der Waals surface area contributed by atoms with Crippen molar-refractivity contribution in [2.45, 2.75) is 13.0 Å². The topological polar surface area (TPSA) is 67.4 Å². The van der Waals surface area contributed by atoms with E-state index in [9.17, 15) is 14.0 Å². The van der Waals surface area contributed by atoms with Gasteiger partial charge in [0.25, 0.3) is 5.91 Å². The highest BCUT2D eigenvalue weighted by molar-refractivity contribution is 5.95. The Morgan fingerprint density at radius 1 is 0.957 bits per heavy atom. The monoisotopic (exact) mass is 316 g/mol. The van der Waals surface area contributed by atoms with E-state index in [1.165, 1.54) is 24.3 Å². The highest BCUT2D eigenvalue weighted by atomic mass is 19.1. The molecule has 0 aliphatic carbocycles. The summed E-state index contributed by atoms with van der Waals surface area (Å²) in [7, 11) is 1.59. The Hall–Kier alpha value is -2.73. The molecule has 0 radical (unpaired) electrons. The molecule has 0 fully saturated rings. The number of hydrazine groups is 1. The molecule has 2 amide bonds. The number of carbonyl (C=O) groups excluding carboxylic acids is 2. The normalized spacial score (nSPS) is 10.2. The van der Waals surface area contributed by atoms with Crippen LogP contribution in [0.2, 0.25) is 0 Å². The second-order valence-electron chi connectivity index (χ2n) is 4.94. The van der Waals surface area contributed by atoms with Crippen molar-refractivity contribution in [1.29, 1.82) is 0 Å². The Morgan fingerprint density at radius 2 is 1.57 bits per heavy atom. The lowest BCUT2D eigenvalue weighted by molar-refractivity contribution is -0.121. The van der Waals surface area contributed by atoms with Gasteiger partial charge >= 0.3 is 0 Å². The maximum absolute atomic E-state index is 12.8. The lowest BCUT2D eigenvalue weighted by Crippen LogP contribution is -2.42. The quantitative estimate of drug-likeness (QED) is 0.829. The highest BCUT2D eigenvalue weighted by Gasteiger charge is 2.08. The molecule has 0 bridgehead atoms. The zero-order chi connectivity index (χ0) is 16.7. The molecule has 0 aromatic heterocycles. The molecule has 120 valence electrons. The molecule has 0 aliphatic rings. The summed E-state index contributed by atoms with van der Waals surface area (Å²) in [6, 6.07) is 12.4. The molecule has 2 rings (SSSR count). The van der Waals surface area contributed by atoms with E-state index in [4.69, 9.17) is 4.74 Å². The van der Waals surface area contributed by atoms with Crippen LogP contribution < -0.4 is 10.9 Å². The van der Waals surface area contributed by atoms with Crippen LogP contribution >= 0.6 is 0 Å². The third-order valence-corrected chi connectivity index (χ3v) is 3.12. The summed E-state index contributed by atoms with van der Waals surface area (Å²) in [4.78, 5) is 23.6. The van der Waals surface area contributed by atoms with E-state index in [0.29, 0.717) is 17.7 Å². The minimum atomic E-state index is -0.415. The summed E-state index contributed by atoms with van der Waals surface area (Å²) in [5, 5.41) is 0. The Kier molecular flexibility index (Phi) is 5.82. The average molecular weight is 316 g/mol. The second kappa shape index (κ2) is 8.05. The van der Waals surface area contributed by atoms with Crippen molar-refractivity contribution in [3.63, 3.8) is 0 Å². The van der Waals surface area contributed by atoms with Crippen molar-refractivity contribution in [3.05, 3.63) is 71.0 Å². The van der Waals surface area contributed by atoms with Crippen LogP contribution in [0.4, 0.5) is 4.39 Å². The molecule has 0 atom stereocenters. The van der Waals surface area contributed by atoms with Crippen molar-refractivity contribution >= 4 is 11.8 Å². The number of hydrogen-bond acceptors (Lipinski definition) is 3. The maximum atomic E-state index is 12.8. The number of methoxy groups -OCH3 is 1. The van der Waals surface area contributed by atoms with E-state index in [0.717, 1.165) is 5.56 Å². The molecule has 0 saturated carbocycles. The van der Waals surface area contributed by atoms with Crippen molar-refractivity contribution in [2.75, 3.05) is 7.11 Å². The number of carbonyl (C=O) groups is 2. The summed E-state index contributed by atoms with van der Waals surface area (Å²) in [5.74, 6) is -1.17. The van der Waals surface area contributed by atoms with Crippen LogP contribution in [0.3, 0.4) is 0 Å². The van der Waals surface area contributed by atoms with Crippen molar-refractivity contribution in [1.82, 2.24) is 10.9 Å². The predicted molar refractivity (Wildman–Crippen MR) is 82.9 cm³/mol.